The minimum Gasteiger partial charge on any atom is -0.497 e. The molecule has 8 heteroatoms. The molecule has 0 bridgehead atoms. The van der Waals surface area contributed by atoms with Crippen LogP contribution in [-0.2, 0) is 14.8 Å². The second-order valence-corrected chi connectivity index (χ2v) is 9.46. The lowest BCUT2D eigenvalue weighted by atomic mass is 10.0. The van der Waals surface area contributed by atoms with Crippen molar-refractivity contribution in [1.29, 1.82) is 0 Å². The molecule has 6 nitrogen and oxygen atoms in total. The zero-order valence-corrected chi connectivity index (χ0v) is 19.6. The normalized spacial score (nSPS) is 12.1. The third-order valence-electron chi connectivity index (χ3n) is 5.27. The minimum atomic E-state index is -4.11. The predicted octanol–water partition coefficient (Wildman–Crippen LogP) is 4.61. The summed E-state index contributed by atoms with van der Waals surface area (Å²) in [6, 6.07) is 18.4. The van der Waals surface area contributed by atoms with Crippen molar-refractivity contribution >= 4 is 21.6 Å². The molecule has 1 N–H and O–H groups in total. The van der Waals surface area contributed by atoms with E-state index in [0.29, 0.717) is 12.2 Å². The highest BCUT2D eigenvalue weighted by Gasteiger charge is 2.28. The fourth-order valence-corrected chi connectivity index (χ4v) is 4.81. The molecule has 0 spiro atoms. The molecule has 1 atom stereocenters. The van der Waals surface area contributed by atoms with Gasteiger partial charge in [0, 0.05) is 0 Å². The van der Waals surface area contributed by atoms with Crippen LogP contribution in [0.4, 0.5) is 10.1 Å². The summed E-state index contributed by atoms with van der Waals surface area (Å²) in [5.74, 6) is -0.469. The monoisotopic (exact) mass is 470 g/mol. The number of hydrogen-bond donors (Lipinski definition) is 1. The second kappa shape index (κ2) is 10.5. The molecular weight excluding hydrogens is 443 g/mol. The molecule has 33 heavy (non-hydrogen) atoms. The third-order valence-corrected chi connectivity index (χ3v) is 7.06. The summed E-state index contributed by atoms with van der Waals surface area (Å²) in [7, 11) is -2.62. The highest BCUT2D eigenvalue weighted by Crippen LogP contribution is 2.26. The van der Waals surface area contributed by atoms with Crippen molar-refractivity contribution in [3.8, 4) is 5.75 Å². The van der Waals surface area contributed by atoms with Crippen LogP contribution < -0.4 is 14.4 Å². The van der Waals surface area contributed by atoms with E-state index in [-0.39, 0.29) is 16.6 Å². The fraction of sp³-hybridized carbons (Fsp3) is 0.240. The summed E-state index contributed by atoms with van der Waals surface area (Å²) in [6.07, 6.45) is 0.635. The molecule has 0 fully saturated rings. The minimum absolute atomic E-state index is 0.00833. The predicted molar refractivity (Wildman–Crippen MR) is 126 cm³/mol. The van der Waals surface area contributed by atoms with E-state index in [1.807, 2.05) is 38.1 Å². The molecule has 3 rings (SSSR count). The molecular formula is C25H27FN2O4S. The van der Waals surface area contributed by atoms with E-state index in [1.54, 1.807) is 0 Å². The average molecular weight is 471 g/mol. The van der Waals surface area contributed by atoms with Gasteiger partial charge in [0.25, 0.3) is 10.0 Å². The standard InChI is InChI=1S/C25H27FN2O4S/c1-4-24(19-7-5-18(2)6-8-19)27-25(29)17-28(21-11-9-20(26)10-12-21)33(30,31)23-15-13-22(32-3)14-16-23/h5-16,24H,4,17H2,1-3H3,(H,27,29). The molecule has 0 aromatic heterocycles. The maximum absolute atomic E-state index is 13.5. The number of anilines is 1. The van der Waals surface area contributed by atoms with Gasteiger partial charge in [0.15, 0.2) is 0 Å². The van der Waals surface area contributed by atoms with Crippen LogP contribution in [0.1, 0.15) is 30.5 Å². The Labute approximate surface area is 194 Å². The van der Waals surface area contributed by atoms with Crippen LogP contribution in [0.25, 0.3) is 0 Å². The molecule has 0 aliphatic rings. The van der Waals surface area contributed by atoms with Gasteiger partial charge in [0.05, 0.1) is 23.7 Å². The second-order valence-electron chi connectivity index (χ2n) is 7.60. The van der Waals surface area contributed by atoms with Gasteiger partial charge in [-0.05, 0) is 67.4 Å². The third kappa shape index (κ3) is 5.90. The Bertz CT molecular complexity index is 1180. The van der Waals surface area contributed by atoms with Crippen LogP contribution in [0.2, 0.25) is 0 Å². The van der Waals surface area contributed by atoms with Crippen molar-refractivity contribution in [3.63, 3.8) is 0 Å². The number of rotatable bonds is 9. The van der Waals surface area contributed by atoms with Gasteiger partial charge in [-0.3, -0.25) is 9.10 Å². The molecule has 0 saturated carbocycles. The van der Waals surface area contributed by atoms with Crippen molar-refractivity contribution in [2.24, 2.45) is 0 Å². The van der Waals surface area contributed by atoms with E-state index in [2.05, 4.69) is 5.32 Å². The van der Waals surface area contributed by atoms with Gasteiger partial charge in [-0.15, -0.1) is 0 Å². The molecule has 1 amide bonds. The number of hydrogen-bond acceptors (Lipinski definition) is 4. The van der Waals surface area contributed by atoms with Gasteiger partial charge in [-0.1, -0.05) is 36.8 Å². The molecule has 0 heterocycles. The molecule has 0 saturated heterocycles. The highest BCUT2D eigenvalue weighted by molar-refractivity contribution is 7.92. The number of carbonyl (C=O) groups excluding carboxylic acids is 1. The van der Waals surface area contributed by atoms with E-state index in [4.69, 9.17) is 4.74 Å². The van der Waals surface area contributed by atoms with Crippen LogP contribution in [0, 0.1) is 12.7 Å². The van der Waals surface area contributed by atoms with E-state index in [9.17, 15) is 17.6 Å². The summed E-state index contributed by atoms with van der Waals surface area (Å²) >= 11 is 0. The summed E-state index contributed by atoms with van der Waals surface area (Å²) in [5.41, 5.74) is 2.22. The van der Waals surface area contributed by atoms with Gasteiger partial charge >= 0.3 is 0 Å². The van der Waals surface area contributed by atoms with Crippen molar-refractivity contribution in [3.05, 3.63) is 89.7 Å². The number of benzene rings is 3. The number of sulfonamides is 1. The number of nitrogens with one attached hydrogen (secondary N) is 1. The van der Waals surface area contributed by atoms with Crippen LogP contribution in [0.5, 0.6) is 5.75 Å². The fourth-order valence-electron chi connectivity index (χ4n) is 3.39. The first kappa shape index (κ1) is 24.3. The number of aryl methyl sites for hydroxylation is 1. The Hall–Kier alpha value is -3.39. The topological polar surface area (TPSA) is 75.7 Å². The van der Waals surface area contributed by atoms with Crippen LogP contribution in [0.3, 0.4) is 0 Å². The van der Waals surface area contributed by atoms with Gasteiger partial charge in [0.2, 0.25) is 5.91 Å². The molecule has 0 radical (unpaired) electrons. The van der Waals surface area contributed by atoms with E-state index >= 15 is 0 Å². The Morgan fingerprint density at radius 3 is 2.15 bits per heavy atom. The number of amides is 1. The largest absolute Gasteiger partial charge is 0.497 e. The number of nitrogens with zero attached hydrogens (tertiary/aromatic N) is 1. The number of halogens is 1. The molecule has 1 unspecified atom stereocenters. The van der Waals surface area contributed by atoms with Crippen LogP contribution in [0.15, 0.2) is 77.7 Å². The number of ether oxygens (including phenoxy) is 1. The maximum Gasteiger partial charge on any atom is 0.264 e. The summed E-state index contributed by atoms with van der Waals surface area (Å²) < 4.78 is 46.4. The summed E-state index contributed by atoms with van der Waals surface area (Å²) in [5, 5.41) is 2.92. The first-order valence-corrected chi connectivity index (χ1v) is 12.0. The Balaban J connectivity index is 1.89. The zero-order valence-electron chi connectivity index (χ0n) is 18.8. The van der Waals surface area contributed by atoms with Gasteiger partial charge in [0.1, 0.15) is 18.1 Å². The summed E-state index contributed by atoms with van der Waals surface area (Å²) in [4.78, 5) is 13.0. The van der Waals surface area contributed by atoms with E-state index in [0.717, 1.165) is 27.6 Å². The highest BCUT2D eigenvalue weighted by atomic mass is 32.2. The Morgan fingerprint density at radius 1 is 1.00 bits per heavy atom. The molecule has 3 aromatic carbocycles. The lowest BCUT2D eigenvalue weighted by molar-refractivity contribution is -0.120. The zero-order chi connectivity index (χ0) is 24.0. The van der Waals surface area contributed by atoms with Crippen LogP contribution in [-0.4, -0.2) is 28.0 Å². The Morgan fingerprint density at radius 2 is 1.61 bits per heavy atom. The average Bonchev–Trinajstić information content (AvgIpc) is 2.82. The first-order chi connectivity index (χ1) is 15.7. The molecule has 0 aliphatic carbocycles. The first-order valence-electron chi connectivity index (χ1n) is 10.5. The molecule has 174 valence electrons. The van der Waals surface area contributed by atoms with Crippen molar-refractivity contribution in [2.75, 3.05) is 18.0 Å². The molecule has 3 aromatic rings. The van der Waals surface area contributed by atoms with Gasteiger partial charge in [-0.2, -0.15) is 0 Å². The summed E-state index contributed by atoms with van der Waals surface area (Å²) in [6.45, 7) is 3.47. The lowest BCUT2D eigenvalue weighted by Gasteiger charge is -2.26. The lowest BCUT2D eigenvalue weighted by Crippen LogP contribution is -2.42. The van der Waals surface area contributed by atoms with Gasteiger partial charge < -0.3 is 10.1 Å². The SMILES string of the molecule is CCC(NC(=O)CN(c1ccc(F)cc1)S(=O)(=O)c1ccc(OC)cc1)c1ccc(C)cc1. The molecule has 0 aliphatic heterocycles. The van der Waals surface area contributed by atoms with Crippen LogP contribution >= 0.6 is 0 Å². The van der Waals surface area contributed by atoms with Crippen molar-refractivity contribution in [2.45, 2.75) is 31.2 Å². The van der Waals surface area contributed by atoms with Crippen molar-refractivity contribution < 1.29 is 22.3 Å². The van der Waals surface area contributed by atoms with E-state index in [1.165, 1.54) is 43.5 Å². The quantitative estimate of drug-likeness (QED) is 0.496. The Kier molecular flexibility index (Phi) is 7.71. The maximum atomic E-state index is 13.5. The van der Waals surface area contributed by atoms with Crippen molar-refractivity contribution in [1.82, 2.24) is 5.32 Å². The van der Waals surface area contributed by atoms with E-state index < -0.39 is 28.3 Å². The smallest absolute Gasteiger partial charge is 0.264 e. The van der Waals surface area contributed by atoms with Gasteiger partial charge in [-0.25, -0.2) is 12.8 Å². The number of methoxy groups -OCH3 is 1. The number of carbonyl (C=O) groups is 1.